The largest absolute Gasteiger partial charge is 0.329 e. The summed E-state index contributed by atoms with van der Waals surface area (Å²) in [5.41, 5.74) is 17.4. The number of aryl methyl sites for hydroxylation is 10. The molecule has 0 radical (unpaired) electrons. The SMILES string of the molecule is CC#CC#CCn1ccc2c(C)c(C)c(C)nc21.CC#CC#CN(C)c1ccc2c(C)c(C)c(C)nc2n1.Cc1nc2c(C)cccc2c(C)c1C.Cc1nc2c(c(C)c1C)c(=O)[nH]c(=O)n2C. The zero-order valence-electron chi connectivity index (χ0n) is 42.6. The van der Waals surface area contributed by atoms with Crippen molar-refractivity contribution in [1.29, 1.82) is 0 Å². The summed E-state index contributed by atoms with van der Waals surface area (Å²) >= 11 is 0. The van der Waals surface area contributed by atoms with Crippen LogP contribution in [0.4, 0.5) is 5.82 Å². The van der Waals surface area contributed by atoms with E-state index in [2.05, 4.69) is 168 Å². The van der Waals surface area contributed by atoms with Crippen molar-refractivity contribution in [1.82, 2.24) is 39.0 Å². The van der Waals surface area contributed by atoms with E-state index in [-0.39, 0.29) is 5.56 Å². The number of benzene rings is 1. The lowest BCUT2D eigenvalue weighted by molar-refractivity contribution is 0.823. The topological polar surface area (TPSA) is 127 Å². The number of H-pyrrole nitrogens is 1. The summed E-state index contributed by atoms with van der Waals surface area (Å²) in [6.45, 7) is 30.9. The zero-order valence-corrected chi connectivity index (χ0v) is 42.6. The maximum atomic E-state index is 11.7. The van der Waals surface area contributed by atoms with Gasteiger partial charge in [-0.2, -0.15) is 0 Å². The Labute approximate surface area is 400 Å². The minimum atomic E-state index is -0.437. The molecule has 0 unspecified atom stereocenters. The third-order valence-corrected chi connectivity index (χ3v) is 12.7. The fraction of sp³-hybridized carbons (Fsp3) is 0.316. The lowest BCUT2D eigenvalue weighted by atomic mass is 10.0. The molecule has 68 heavy (non-hydrogen) atoms. The Hall–Kier alpha value is -7.99. The Morgan fingerprint density at radius 1 is 0.574 bits per heavy atom. The highest BCUT2D eigenvalue weighted by Gasteiger charge is 2.13. The lowest BCUT2D eigenvalue weighted by Gasteiger charge is -2.12. The first-order chi connectivity index (χ1) is 32.2. The fourth-order valence-corrected chi connectivity index (χ4v) is 7.52. The second-order valence-corrected chi connectivity index (χ2v) is 16.8. The van der Waals surface area contributed by atoms with Crippen LogP contribution < -0.4 is 16.1 Å². The number of aromatic amines is 1. The average Bonchev–Trinajstić information content (AvgIpc) is 3.72. The molecule has 0 spiro atoms. The van der Waals surface area contributed by atoms with E-state index in [0.717, 1.165) is 61.9 Å². The van der Waals surface area contributed by atoms with Gasteiger partial charge in [0, 0.05) is 71.2 Å². The number of hydrogen-bond acceptors (Lipinski definition) is 8. The van der Waals surface area contributed by atoms with Gasteiger partial charge in [-0.05, 0) is 190 Å². The maximum absolute atomic E-state index is 11.7. The molecule has 0 fully saturated rings. The molecule has 0 amide bonds. The number of rotatable bonds is 2. The summed E-state index contributed by atoms with van der Waals surface area (Å²) in [4.78, 5) is 49.9. The number of nitrogens with one attached hydrogen (secondary N) is 1. The summed E-state index contributed by atoms with van der Waals surface area (Å²) in [6.07, 6.45) is 2.04. The number of para-hydroxylation sites is 1. The second kappa shape index (κ2) is 22.0. The van der Waals surface area contributed by atoms with Gasteiger partial charge in [0.2, 0.25) is 0 Å². The summed E-state index contributed by atoms with van der Waals surface area (Å²) in [6, 6.07) is 15.4. The maximum Gasteiger partial charge on any atom is 0.329 e. The highest BCUT2D eigenvalue weighted by Crippen LogP contribution is 2.26. The summed E-state index contributed by atoms with van der Waals surface area (Å²) < 4.78 is 3.43. The zero-order chi connectivity index (χ0) is 50.1. The molecule has 0 bridgehead atoms. The molecule has 7 aromatic heterocycles. The third-order valence-electron chi connectivity index (χ3n) is 12.7. The van der Waals surface area contributed by atoms with E-state index in [1.165, 1.54) is 54.3 Å². The molecule has 0 saturated carbocycles. The van der Waals surface area contributed by atoms with E-state index in [4.69, 9.17) is 0 Å². The monoisotopic (exact) mass is 903 g/mol. The van der Waals surface area contributed by atoms with Gasteiger partial charge in [-0.1, -0.05) is 36.0 Å². The van der Waals surface area contributed by atoms with Crippen molar-refractivity contribution in [3.8, 4) is 47.5 Å². The van der Waals surface area contributed by atoms with Crippen molar-refractivity contribution in [2.24, 2.45) is 7.05 Å². The molecule has 0 aliphatic heterocycles. The molecule has 346 valence electrons. The highest BCUT2D eigenvalue weighted by molar-refractivity contribution is 5.86. The summed E-state index contributed by atoms with van der Waals surface area (Å²) in [5, 5.41) is 4.08. The summed E-state index contributed by atoms with van der Waals surface area (Å²) in [7, 11) is 3.47. The molecule has 8 rings (SSSR count). The predicted molar refractivity (Wildman–Crippen MR) is 281 cm³/mol. The Kier molecular flexibility index (Phi) is 16.5. The smallest absolute Gasteiger partial charge is 0.321 e. The minimum Gasteiger partial charge on any atom is -0.321 e. The lowest BCUT2D eigenvalue weighted by Crippen LogP contribution is -2.29. The van der Waals surface area contributed by atoms with Gasteiger partial charge >= 0.3 is 5.69 Å². The number of pyridine rings is 5. The van der Waals surface area contributed by atoms with E-state index >= 15 is 0 Å². The molecule has 0 aliphatic carbocycles. The van der Waals surface area contributed by atoms with E-state index in [1.807, 2.05) is 53.9 Å². The van der Waals surface area contributed by atoms with Crippen molar-refractivity contribution in [3.63, 3.8) is 0 Å². The van der Waals surface area contributed by atoms with Crippen LogP contribution in [-0.2, 0) is 13.6 Å². The van der Waals surface area contributed by atoms with E-state index in [9.17, 15) is 9.59 Å². The average molecular weight is 904 g/mol. The second-order valence-electron chi connectivity index (χ2n) is 16.8. The predicted octanol–water partition coefficient (Wildman–Crippen LogP) is 9.98. The Balaban J connectivity index is 0.000000171. The van der Waals surface area contributed by atoms with Gasteiger partial charge in [0.15, 0.2) is 5.65 Å². The molecule has 1 aromatic carbocycles. The first-order valence-electron chi connectivity index (χ1n) is 22.4. The molecule has 1 N–H and O–H groups in total. The van der Waals surface area contributed by atoms with Gasteiger partial charge < -0.3 is 4.57 Å². The van der Waals surface area contributed by atoms with Crippen molar-refractivity contribution in [2.75, 3.05) is 11.9 Å². The Bertz CT molecular complexity index is 3660. The molecule has 0 atom stereocenters. The molecule has 11 nitrogen and oxygen atoms in total. The van der Waals surface area contributed by atoms with Crippen molar-refractivity contribution < 1.29 is 0 Å². The molecule has 0 saturated heterocycles. The van der Waals surface area contributed by atoms with E-state index in [1.54, 1.807) is 25.8 Å². The van der Waals surface area contributed by atoms with Crippen LogP contribution >= 0.6 is 0 Å². The van der Waals surface area contributed by atoms with Crippen LogP contribution in [0, 0.1) is 137 Å². The van der Waals surface area contributed by atoms with Crippen LogP contribution in [0.15, 0.2) is 52.2 Å². The van der Waals surface area contributed by atoms with Gasteiger partial charge in [0.1, 0.15) is 17.1 Å². The van der Waals surface area contributed by atoms with E-state index in [0.29, 0.717) is 17.6 Å². The highest BCUT2D eigenvalue weighted by atomic mass is 16.2. The normalized spacial score (nSPS) is 10.1. The van der Waals surface area contributed by atoms with Crippen molar-refractivity contribution in [2.45, 2.75) is 110 Å². The van der Waals surface area contributed by atoms with Crippen molar-refractivity contribution >= 4 is 49.8 Å². The number of fused-ring (bicyclic) bond motifs is 4. The molecular formula is C57H61N9O2. The number of aromatic nitrogens is 8. The van der Waals surface area contributed by atoms with Gasteiger partial charge in [-0.15, -0.1) is 0 Å². The van der Waals surface area contributed by atoms with Crippen LogP contribution in [0.2, 0.25) is 0 Å². The molecule has 8 aromatic rings. The molecular weight excluding hydrogens is 843 g/mol. The molecule has 7 heterocycles. The Morgan fingerprint density at radius 3 is 1.78 bits per heavy atom. The van der Waals surface area contributed by atoms with Gasteiger partial charge in [0.25, 0.3) is 5.56 Å². The first-order valence-corrected chi connectivity index (χ1v) is 22.4. The summed E-state index contributed by atoms with van der Waals surface area (Å²) in [5.74, 6) is 20.4. The fourth-order valence-electron chi connectivity index (χ4n) is 7.52. The third kappa shape index (κ3) is 11.0. The van der Waals surface area contributed by atoms with Crippen molar-refractivity contribution in [3.05, 3.63) is 136 Å². The van der Waals surface area contributed by atoms with Gasteiger partial charge in [-0.25, -0.2) is 24.7 Å². The van der Waals surface area contributed by atoms with E-state index < -0.39 is 5.69 Å². The first kappa shape index (κ1) is 51.0. The van der Waals surface area contributed by atoms with Crippen LogP contribution in [-0.4, -0.2) is 46.1 Å². The van der Waals surface area contributed by atoms with Gasteiger partial charge in [-0.3, -0.25) is 24.2 Å². The number of hydrogen-bond donors (Lipinski definition) is 1. The standard InChI is InChI=1S/C17H17N3.C16H16N2.C13H15N.C11H13N3O2/c1-6-7-8-11-20(5)16-10-9-15-13(3)12(2)14(4)18-17(15)19-16;1-5-6-7-8-10-18-11-9-15-13(3)12(2)14(4)17-16(15)18;1-8-6-5-7-12-10(3)9(2)11(4)14-13(8)12;1-5-6(2)8-9(12-7(5)3)14(4)11(16)13-10(8)15/h9-10H,1-5H3;9,11H,10H2,1-4H3;5-7H,1-4H3;1-4H3,(H,13,15,16). The number of anilines is 1. The Morgan fingerprint density at radius 2 is 1.13 bits per heavy atom. The number of nitrogens with zero attached hydrogens (tertiary/aromatic N) is 8. The van der Waals surface area contributed by atoms with Crippen LogP contribution in [0.1, 0.15) is 86.7 Å². The van der Waals surface area contributed by atoms with Crippen LogP contribution in [0.5, 0.6) is 0 Å². The van der Waals surface area contributed by atoms with Gasteiger partial charge in [0.05, 0.1) is 17.4 Å². The van der Waals surface area contributed by atoms with Crippen LogP contribution in [0.25, 0.3) is 44.0 Å². The molecule has 0 aliphatic rings. The minimum absolute atomic E-state index is 0.369. The molecule has 11 heteroatoms. The van der Waals surface area contributed by atoms with Crippen LogP contribution in [0.3, 0.4) is 0 Å². The quantitative estimate of drug-likeness (QED) is 0.134.